The molecule has 0 aliphatic carbocycles. The molecule has 1 aromatic carbocycles. The second-order valence-corrected chi connectivity index (χ2v) is 4.50. The number of hydrogen-bond donors (Lipinski definition) is 1. The van der Waals surface area contributed by atoms with E-state index in [1.54, 1.807) is 0 Å². The van der Waals surface area contributed by atoms with Crippen molar-refractivity contribution in [2.75, 3.05) is 13.1 Å². The molecule has 0 heterocycles. The summed E-state index contributed by atoms with van der Waals surface area (Å²) in [6.45, 7) is 10.3. The maximum Gasteiger partial charge on any atom is 0.00433 e. The van der Waals surface area contributed by atoms with Crippen LogP contribution in [0.4, 0.5) is 0 Å². The first-order valence-electron chi connectivity index (χ1n) is 5.54. The fourth-order valence-corrected chi connectivity index (χ4v) is 1.60. The van der Waals surface area contributed by atoms with Crippen molar-refractivity contribution in [1.82, 2.24) is 5.32 Å². The summed E-state index contributed by atoms with van der Waals surface area (Å²) < 4.78 is 0. The Morgan fingerprint density at radius 1 is 1.27 bits per heavy atom. The van der Waals surface area contributed by atoms with Crippen LogP contribution in [-0.2, 0) is 5.41 Å². The van der Waals surface area contributed by atoms with Gasteiger partial charge in [-0.15, -0.1) is 6.58 Å². The number of rotatable bonds is 6. The number of nitrogens with one attached hydrogen (secondary N) is 1. The van der Waals surface area contributed by atoms with Crippen LogP contribution in [0.5, 0.6) is 0 Å². The molecule has 0 unspecified atom stereocenters. The fraction of sp³-hybridized carbons (Fsp3) is 0.429. The molecule has 0 fully saturated rings. The van der Waals surface area contributed by atoms with Gasteiger partial charge in [-0.3, -0.25) is 0 Å². The van der Waals surface area contributed by atoms with Crippen LogP contribution in [0.15, 0.2) is 43.0 Å². The minimum absolute atomic E-state index is 0.197. The molecule has 1 N–H and O–H groups in total. The van der Waals surface area contributed by atoms with E-state index in [2.05, 4.69) is 56.1 Å². The van der Waals surface area contributed by atoms with Gasteiger partial charge in [0, 0.05) is 12.0 Å². The van der Waals surface area contributed by atoms with E-state index >= 15 is 0 Å². The van der Waals surface area contributed by atoms with Crippen molar-refractivity contribution < 1.29 is 0 Å². The monoisotopic (exact) mass is 203 g/mol. The first kappa shape index (κ1) is 12.0. The van der Waals surface area contributed by atoms with Gasteiger partial charge in [0.1, 0.15) is 0 Å². The minimum Gasteiger partial charge on any atom is -0.316 e. The molecule has 82 valence electrons. The molecule has 0 radical (unpaired) electrons. The van der Waals surface area contributed by atoms with Crippen molar-refractivity contribution in [2.45, 2.75) is 25.7 Å². The molecule has 0 saturated heterocycles. The third kappa shape index (κ3) is 3.88. The van der Waals surface area contributed by atoms with Gasteiger partial charge < -0.3 is 5.32 Å². The molecule has 0 saturated carbocycles. The van der Waals surface area contributed by atoms with Crippen molar-refractivity contribution in [2.24, 2.45) is 0 Å². The van der Waals surface area contributed by atoms with Gasteiger partial charge in [0.05, 0.1) is 0 Å². The van der Waals surface area contributed by atoms with Gasteiger partial charge in [-0.05, 0) is 18.5 Å². The van der Waals surface area contributed by atoms with Gasteiger partial charge >= 0.3 is 0 Å². The maximum absolute atomic E-state index is 3.71. The van der Waals surface area contributed by atoms with E-state index in [9.17, 15) is 0 Å². The Hall–Kier alpha value is -1.08. The third-order valence-electron chi connectivity index (χ3n) is 2.65. The fourth-order valence-electron chi connectivity index (χ4n) is 1.60. The van der Waals surface area contributed by atoms with Crippen LogP contribution >= 0.6 is 0 Å². The predicted octanol–water partition coefficient (Wildman–Crippen LogP) is 3.13. The molecule has 1 nitrogen and oxygen atoms in total. The molecule has 1 aromatic rings. The normalized spacial score (nSPS) is 11.3. The molecule has 0 spiro atoms. The first-order valence-corrected chi connectivity index (χ1v) is 5.54. The topological polar surface area (TPSA) is 12.0 Å². The maximum atomic E-state index is 3.71. The Labute approximate surface area is 93.2 Å². The van der Waals surface area contributed by atoms with Crippen molar-refractivity contribution in [1.29, 1.82) is 0 Å². The van der Waals surface area contributed by atoms with Crippen molar-refractivity contribution in [3.63, 3.8) is 0 Å². The predicted molar refractivity (Wildman–Crippen MR) is 67.2 cm³/mol. The second kappa shape index (κ2) is 5.72. The highest BCUT2D eigenvalue weighted by Crippen LogP contribution is 2.21. The summed E-state index contributed by atoms with van der Waals surface area (Å²) in [5.41, 5.74) is 1.58. The van der Waals surface area contributed by atoms with E-state index in [0.29, 0.717) is 0 Å². The lowest BCUT2D eigenvalue weighted by molar-refractivity contribution is 0.472. The van der Waals surface area contributed by atoms with E-state index in [1.807, 2.05) is 6.08 Å². The van der Waals surface area contributed by atoms with Crippen molar-refractivity contribution in [3.8, 4) is 0 Å². The molecule has 15 heavy (non-hydrogen) atoms. The summed E-state index contributed by atoms with van der Waals surface area (Å²) in [6.07, 6.45) is 2.98. The number of benzene rings is 1. The summed E-state index contributed by atoms with van der Waals surface area (Å²) in [5.74, 6) is 0. The molecule has 0 amide bonds. The average Bonchev–Trinajstić information content (AvgIpc) is 2.26. The van der Waals surface area contributed by atoms with Crippen LogP contribution in [0.2, 0.25) is 0 Å². The van der Waals surface area contributed by atoms with Gasteiger partial charge in [-0.2, -0.15) is 0 Å². The van der Waals surface area contributed by atoms with Crippen LogP contribution in [0.25, 0.3) is 0 Å². The summed E-state index contributed by atoms with van der Waals surface area (Å²) in [4.78, 5) is 0. The highest BCUT2D eigenvalue weighted by molar-refractivity contribution is 5.23. The van der Waals surface area contributed by atoms with Crippen LogP contribution in [0.1, 0.15) is 25.8 Å². The van der Waals surface area contributed by atoms with Gasteiger partial charge in [0.25, 0.3) is 0 Å². The Morgan fingerprint density at radius 3 is 2.53 bits per heavy atom. The molecule has 0 aromatic heterocycles. The van der Waals surface area contributed by atoms with Gasteiger partial charge in [-0.1, -0.05) is 50.3 Å². The molecular formula is C14H21N. The minimum atomic E-state index is 0.197. The molecule has 0 aliphatic heterocycles. The van der Waals surface area contributed by atoms with E-state index in [-0.39, 0.29) is 5.41 Å². The van der Waals surface area contributed by atoms with Crippen molar-refractivity contribution in [3.05, 3.63) is 48.6 Å². The summed E-state index contributed by atoms with van der Waals surface area (Å²) in [7, 11) is 0. The third-order valence-corrected chi connectivity index (χ3v) is 2.65. The number of hydrogen-bond acceptors (Lipinski definition) is 1. The van der Waals surface area contributed by atoms with Gasteiger partial charge in [0.15, 0.2) is 0 Å². The molecular weight excluding hydrogens is 182 g/mol. The van der Waals surface area contributed by atoms with Crippen molar-refractivity contribution >= 4 is 0 Å². The molecule has 1 heteroatoms. The van der Waals surface area contributed by atoms with Crippen LogP contribution in [0, 0.1) is 0 Å². The average molecular weight is 203 g/mol. The first-order chi connectivity index (χ1) is 7.17. The quantitative estimate of drug-likeness (QED) is 0.553. The Kier molecular flexibility index (Phi) is 4.57. The van der Waals surface area contributed by atoms with E-state index in [0.717, 1.165) is 19.5 Å². The van der Waals surface area contributed by atoms with Crippen LogP contribution < -0.4 is 5.32 Å². The SMILES string of the molecule is C=CCCNCC(C)(C)c1ccccc1. The lowest BCUT2D eigenvalue weighted by Crippen LogP contribution is -2.33. The zero-order chi connectivity index (χ0) is 11.1. The highest BCUT2D eigenvalue weighted by Gasteiger charge is 2.18. The lowest BCUT2D eigenvalue weighted by atomic mass is 9.84. The summed E-state index contributed by atoms with van der Waals surface area (Å²) in [6, 6.07) is 10.6. The molecule has 1 rings (SSSR count). The molecule has 0 aliphatic rings. The highest BCUT2D eigenvalue weighted by atomic mass is 14.9. The van der Waals surface area contributed by atoms with Crippen LogP contribution in [0.3, 0.4) is 0 Å². The Bertz CT molecular complexity index is 287. The van der Waals surface area contributed by atoms with Gasteiger partial charge in [0.2, 0.25) is 0 Å². The largest absolute Gasteiger partial charge is 0.316 e. The van der Waals surface area contributed by atoms with Crippen LogP contribution in [-0.4, -0.2) is 13.1 Å². The summed E-state index contributed by atoms with van der Waals surface area (Å²) in [5, 5.41) is 3.45. The smallest absolute Gasteiger partial charge is 0.00433 e. The second-order valence-electron chi connectivity index (χ2n) is 4.50. The Balaban J connectivity index is 2.48. The zero-order valence-electron chi connectivity index (χ0n) is 9.79. The molecule has 0 bridgehead atoms. The summed E-state index contributed by atoms with van der Waals surface area (Å²) >= 11 is 0. The zero-order valence-corrected chi connectivity index (χ0v) is 9.79. The van der Waals surface area contributed by atoms with E-state index in [4.69, 9.17) is 0 Å². The molecule has 0 atom stereocenters. The van der Waals surface area contributed by atoms with E-state index < -0.39 is 0 Å². The van der Waals surface area contributed by atoms with E-state index in [1.165, 1.54) is 5.56 Å². The lowest BCUT2D eigenvalue weighted by Gasteiger charge is -2.25. The Morgan fingerprint density at radius 2 is 1.93 bits per heavy atom. The van der Waals surface area contributed by atoms with Gasteiger partial charge in [-0.25, -0.2) is 0 Å². The standard InChI is InChI=1S/C14H21N/c1-4-5-11-15-12-14(2,3)13-9-7-6-8-10-13/h4,6-10,15H,1,5,11-12H2,2-3H3.